The number of thiophene rings is 1. The zero-order valence-electron chi connectivity index (χ0n) is 19.2. The van der Waals surface area contributed by atoms with Crippen LogP contribution in [0.5, 0.6) is 0 Å². The molecule has 0 fully saturated rings. The van der Waals surface area contributed by atoms with E-state index in [4.69, 9.17) is 4.98 Å². The second-order valence-electron chi connectivity index (χ2n) is 8.16. The van der Waals surface area contributed by atoms with Crippen LogP contribution in [0.1, 0.15) is 5.56 Å². The smallest absolute Gasteiger partial charge is 0.263 e. The zero-order valence-corrected chi connectivity index (χ0v) is 20.8. The van der Waals surface area contributed by atoms with Crippen LogP contribution in [-0.4, -0.2) is 21.2 Å². The number of thioether (sulfide) groups is 1. The third-order valence-corrected chi connectivity index (χ3v) is 7.58. The molecule has 0 aliphatic carbocycles. The van der Waals surface area contributed by atoms with E-state index in [0.717, 1.165) is 33.2 Å². The van der Waals surface area contributed by atoms with Crippen LogP contribution in [0.2, 0.25) is 0 Å². The van der Waals surface area contributed by atoms with E-state index in [1.165, 1.54) is 23.1 Å². The molecule has 0 bridgehead atoms. The van der Waals surface area contributed by atoms with Crippen molar-refractivity contribution in [1.29, 1.82) is 0 Å². The minimum absolute atomic E-state index is 0.122. The maximum atomic E-state index is 13.5. The minimum atomic E-state index is -0.155. The first-order chi connectivity index (χ1) is 17.0. The molecule has 5 rings (SSSR count). The van der Waals surface area contributed by atoms with Gasteiger partial charge in [0, 0.05) is 28.6 Å². The van der Waals surface area contributed by atoms with Crippen molar-refractivity contribution in [2.24, 2.45) is 0 Å². The lowest BCUT2D eigenvalue weighted by atomic mass is 10.1. The van der Waals surface area contributed by atoms with Crippen LogP contribution >= 0.6 is 23.1 Å². The second kappa shape index (κ2) is 9.90. The summed E-state index contributed by atoms with van der Waals surface area (Å²) in [6, 6.07) is 21.9. The standard InChI is InChI=1S/C28H23N3O2S2/c1-3-15-31-27(33)25-22(20-13-11-18(2)12-14-20)16-34-26(25)30-28(31)35-17-24(32)29-23-10-6-8-19-7-4-5-9-21(19)23/h3-14,16H,1,15,17H2,2H3,(H,29,32). The van der Waals surface area contributed by atoms with Crippen molar-refractivity contribution in [3.8, 4) is 11.1 Å². The van der Waals surface area contributed by atoms with E-state index in [-0.39, 0.29) is 17.2 Å². The van der Waals surface area contributed by atoms with Gasteiger partial charge in [-0.15, -0.1) is 17.9 Å². The summed E-state index contributed by atoms with van der Waals surface area (Å²) >= 11 is 2.70. The van der Waals surface area contributed by atoms with Gasteiger partial charge in [0.05, 0.1) is 11.1 Å². The molecule has 0 radical (unpaired) electrons. The van der Waals surface area contributed by atoms with Crippen LogP contribution in [0.15, 0.2) is 94.7 Å². The number of nitrogens with one attached hydrogen (secondary N) is 1. The van der Waals surface area contributed by atoms with Gasteiger partial charge in [-0.05, 0) is 23.9 Å². The van der Waals surface area contributed by atoms with E-state index in [1.807, 2.05) is 79.0 Å². The van der Waals surface area contributed by atoms with Crippen molar-refractivity contribution in [3.05, 3.63) is 101 Å². The van der Waals surface area contributed by atoms with Gasteiger partial charge in [-0.3, -0.25) is 14.2 Å². The van der Waals surface area contributed by atoms with Crippen LogP contribution in [-0.2, 0) is 11.3 Å². The number of benzene rings is 3. The predicted molar refractivity (Wildman–Crippen MR) is 148 cm³/mol. The highest BCUT2D eigenvalue weighted by atomic mass is 32.2. The first-order valence-electron chi connectivity index (χ1n) is 11.2. The lowest BCUT2D eigenvalue weighted by Crippen LogP contribution is -2.23. The predicted octanol–water partition coefficient (Wildman–Crippen LogP) is 6.50. The molecule has 3 aromatic carbocycles. The van der Waals surface area contributed by atoms with Crippen molar-refractivity contribution < 1.29 is 4.79 Å². The molecule has 0 aliphatic rings. The van der Waals surface area contributed by atoms with E-state index < -0.39 is 0 Å². The Kier molecular flexibility index (Phi) is 6.53. The van der Waals surface area contributed by atoms with Crippen LogP contribution in [0.4, 0.5) is 5.69 Å². The van der Waals surface area contributed by atoms with E-state index >= 15 is 0 Å². The van der Waals surface area contributed by atoms with Crippen molar-refractivity contribution >= 4 is 55.7 Å². The molecule has 5 aromatic rings. The fourth-order valence-corrected chi connectivity index (χ4v) is 5.80. The summed E-state index contributed by atoms with van der Waals surface area (Å²) in [6.07, 6.45) is 1.67. The maximum Gasteiger partial charge on any atom is 0.263 e. The van der Waals surface area contributed by atoms with E-state index in [0.29, 0.717) is 21.9 Å². The van der Waals surface area contributed by atoms with Crippen LogP contribution < -0.4 is 10.9 Å². The Balaban J connectivity index is 1.43. The van der Waals surface area contributed by atoms with Crippen molar-refractivity contribution in [2.45, 2.75) is 18.6 Å². The molecule has 0 unspecified atom stereocenters. The summed E-state index contributed by atoms with van der Waals surface area (Å²) in [6.45, 7) is 6.16. The first-order valence-corrected chi connectivity index (χ1v) is 13.0. The molecule has 1 N–H and O–H groups in total. The molecular formula is C28H23N3O2S2. The number of amides is 1. The Morgan fingerprint density at radius 1 is 1.11 bits per heavy atom. The van der Waals surface area contributed by atoms with Gasteiger partial charge in [0.1, 0.15) is 4.83 Å². The molecule has 0 atom stereocenters. The summed E-state index contributed by atoms with van der Waals surface area (Å²) in [7, 11) is 0. The highest BCUT2D eigenvalue weighted by molar-refractivity contribution is 7.99. The van der Waals surface area contributed by atoms with Crippen LogP contribution in [0.25, 0.3) is 32.1 Å². The SMILES string of the molecule is C=CCn1c(SCC(=O)Nc2cccc3ccccc23)nc2scc(-c3ccc(C)cc3)c2c1=O. The fraction of sp³-hybridized carbons (Fsp3) is 0.107. The number of aromatic nitrogens is 2. The Morgan fingerprint density at radius 2 is 1.89 bits per heavy atom. The molecule has 35 heavy (non-hydrogen) atoms. The van der Waals surface area contributed by atoms with E-state index in [1.54, 1.807) is 10.6 Å². The largest absolute Gasteiger partial charge is 0.325 e. The number of hydrogen-bond acceptors (Lipinski definition) is 5. The quantitative estimate of drug-likeness (QED) is 0.158. The Labute approximate surface area is 211 Å². The molecule has 0 saturated heterocycles. The highest BCUT2D eigenvalue weighted by Gasteiger charge is 2.18. The van der Waals surface area contributed by atoms with Crippen molar-refractivity contribution in [3.63, 3.8) is 0 Å². The third-order valence-electron chi connectivity index (χ3n) is 5.73. The van der Waals surface area contributed by atoms with Gasteiger partial charge < -0.3 is 5.32 Å². The van der Waals surface area contributed by atoms with Gasteiger partial charge in [-0.2, -0.15) is 0 Å². The van der Waals surface area contributed by atoms with Crippen LogP contribution in [0, 0.1) is 6.92 Å². The van der Waals surface area contributed by atoms with Crippen LogP contribution in [0.3, 0.4) is 0 Å². The lowest BCUT2D eigenvalue weighted by molar-refractivity contribution is -0.113. The molecular weight excluding hydrogens is 474 g/mol. The summed E-state index contributed by atoms with van der Waals surface area (Å²) < 4.78 is 1.59. The number of aryl methyl sites for hydroxylation is 1. The number of carbonyl (C=O) groups excluding carboxylic acids is 1. The Morgan fingerprint density at radius 3 is 2.69 bits per heavy atom. The third kappa shape index (κ3) is 4.65. The molecule has 174 valence electrons. The Bertz CT molecular complexity index is 1610. The van der Waals surface area contributed by atoms with Gasteiger partial charge in [0.25, 0.3) is 5.56 Å². The number of carbonyl (C=O) groups is 1. The van der Waals surface area contributed by atoms with Gasteiger partial charge in [0.2, 0.25) is 5.91 Å². The van der Waals surface area contributed by atoms with Gasteiger partial charge in [-0.25, -0.2) is 4.98 Å². The average molecular weight is 498 g/mol. The summed E-state index contributed by atoms with van der Waals surface area (Å²) in [4.78, 5) is 31.7. The Hall–Kier alpha value is -3.68. The minimum Gasteiger partial charge on any atom is -0.325 e. The normalized spacial score (nSPS) is 11.1. The molecule has 2 aromatic heterocycles. The molecule has 1 amide bonds. The zero-order chi connectivity index (χ0) is 24.4. The topological polar surface area (TPSA) is 64.0 Å². The monoisotopic (exact) mass is 497 g/mol. The molecule has 7 heteroatoms. The number of anilines is 1. The summed E-state index contributed by atoms with van der Waals surface area (Å²) in [5, 5.41) is 8.13. The summed E-state index contributed by atoms with van der Waals surface area (Å²) in [5.74, 6) is -0.0218. The van der Waals surface area contributed by atoms with Gasteiger partial charge >= 0.3 is 0 Å². The number of allylic oxidation sites excluding steroid dienone is 1. The average Bonchev–Trinajstić information content (AvgIpc) is 3.29. The molecule has 0 spiro atoms. The molecule has 2 heterocycles. The van der Waals surface area contributed by atoms with E-state index in [2.05, 4.69) is 11.9 Å². The van der Waals surface area contributed by atoms with Gasteiger partial charge in [0.15, 0.2) is 5.16 Å². The van der Waals surface area contributed by atoms with Crippen molar-refractivity contribution in [2.75, 3.05) is 11.1 Å². The van der Waals surface area contributed by atoms with E-state index in [9.17, 15) is 9.59 Å². The number of fused-ring (bicyclic) bond motifs is 2. The number of rotatable bonds is 7. The molecule has 0 aliphatic heterocycles. The molecule has 0 saturated carbocycles. The van der Waals surface area contributed by atoms with Gasteiger partial charge in [-0.1, -0.05) is 84.1 Å². The first kappa shape index (κ1) is 23.1. The lowest BCUT2D eigenvalue weighted by Gasteiger charge is -2.12. The molecule has 5 nitrogen and oxygen atoms in total. The maximum absolute atomic E-state index is 13.5. The summed E-state index contributed by atoms with van der Waals surface area (Å²) in [5.41, 5.74) is 3.67. The second-order valence-corrected chi connectivity index (χ2v) is 9.96. The van der Waals surface area contributed by atoms with Crippen molar-refractivity contribution in [1.82, 2.24) is 9.55 Å². The number of hydrogen-bond donors (Lipinski definition) is 1. The number of nitrogens with zero attached hydrogens (tertiary/aromatic N) is 2. The highest BCUT2D eigenvalue weighted by Crippen LogP contribution is 2.32. The fourth-order valence-electron chi connectivity index (χ4n) is 4.00.